The third-order valence-corrected chi connectivity index (χ3v) is 6.48. The molecule has 0 unspecified atom stereocenters. The fraction of sp³-hybridized carbons (Fsp3) is 0.250. The standard InChI is InChI=1S/C24H23N5O4S/c1-32-18-4-2-3-16(12-18)27-23-26-14-15-11-19(22-25-7-10-34-22)21(13-20(15)28-23)33-17-5-8-29(9-6-17)24(30)31/h2-4,7,10-14,17H,5-6,8-9H2,1H3,(H,30,31)(H,26,27,28). The molecule has 2 aromatic carbocycles. The number of hydrogen-bond donors (Lipinski definition) is 2. The number of hydrogen-bond acceptors (Lipinski definition) is 8. The van der Waals surface area contributed by atoms with Crippen LogP contribution in [0, 0.1) is 0 Å². The molecule has 34 heavy (non-hydrogen) atoms. The lowest BCUT2D eigenvalue weighted by atomic mass is 10.1. The van der Waals surface area contributed by atoms with Gasteiger partial charge in [0.2, 0.25) is 5.95 Å². The number of nitrogens with zero attached hydrogens (tertiary/aromatic N) is 4. The van der Waals surface area contributed by atoms with Gasteiger partial charge in [-0.3, -0.25) is 0 Å². The fourth-order valence-corrected chi connectivity index (χ4v) is 4.57. The highest BCUT2D eigenvalue weighted by Gasteiger charge is 2.25. The maximum Gasteiger partial charge on any atom is 0.407 e. The number of likely N-dealkylation sites (tertiary alicyclic amines) is 1. The van der Waals surface area contributed by atoms with Gasteiger partial charge in [-0.2, -0.15) is 0 Å². The van der Waals surface area contributed by atoms with Crippen molar-refractivity contribution in [2.75, 3.05) is 25.5 Å². The van der Waals surface area contributed by atoms with Crippen molar-refractivity contribution in [1.29, 1.82) is 0 Å². The van der Waals surface area contributed by atoms with Crippen molar-refractivity contribution in [3.05, 3.63) is 54.2 Å². The normalized spacial score (nSPS) is 14.2. The highest BCUT2D eigenvalue weighted by molar-refractivity contribution is 7.13. The van der Waals surface area contributed by atoms with Crippen LogP contribution in [-0.4, -0.2) is 57.4 Å². The van der Waals surface area contributed by atoms with Crippen LogP contribution in [0.15, 0.2) is 54.2 Å². The number of benzene rings is 2. The van der Waals surface area contributed by atoms with Crippen LogP contribution in [0.4, 0.5) is 16.4 Å². The SMILES string of the molecule is COc1cccc(Nc2ncc3cc(-c4nccs4)c(OC4CCN(C(=O)O)CC4)cc3n2)c1. The topological polar surface area (TPSA) is 110 Å². The molecule has 174 valence electrons. The molecule has 1 saturated heterocycles. The molecule has 4 aromatic rings. The molecule has 0 spiro atoms. The molecule has 10 heteroatoms. The monoisotopic (exact) mass is 477 g/mol. The Labute approximate surface area is 200 Å². The minimum absolute atomic E-state index is 0.0806. The first-order chi connectivity index (χ1) is 16.6. The summed E-state index contributed by atoms with van der Waals surface area (Å²) in [6.07, 6.45) is 3.83. The van der Waals surface area contributed by atoms with E-state index in [9.17, 15) is 9.90 Å². The molecule has 1 aliphatic rings. The van der Waals surface area contributed by atoms with Gasteiger partial charge in [0, 0.05) is 66.9 Å². The number of nitrogens with one attached hydrogen (secondary N) is 1. The zero-order chi connectivity index (χ0) is 23.5. The number of aromatic nitrogens is 3. The number of carbonyl (C=O) groups is 1. The predicted molar refractivity (Wildman–Crippen MR) is 130 cm³/mol. The summed E-state index contributed by atoms with van der Waals surface area (Å²) in [6, 6.07) is 11.5. The van der Waals surface area contributed by atoms with Crippen molar-refractivity contribution in [3.63, 3.8) is 0 Å². The maximum atomic E-state index is 11.2. The molecule has 2 aromatic heterocycles. The summed E-state index contributed by atoms with van der Waals surface area (Å²) < 4.78 is 11.7. The lowest BCUT2D eigenvalue weighted by molar-refractivity contribution is 0.0898. The first kappa shape index (κ1) is 21.9. The van der Waals surface area contributed by atoms with Crippen molar-refractivity contribution in [1.82, 2.24) is 19.9 Å². The fourth-order valence-electron chi connectivity index (χ4n) is 3.92. The summed E-state index contributed by atoms with van der Waals surface area (Å²) in [5.74, 6) is 1.88. The first-order valence-corrected chi connectivity index (χ1v) is 11.7. The van der Waals surface area contributed by atoms with Crippen molar-refractivity contribution in [2.24, 2.45) is 0 Å². The number of anilines is 2. The van der Waals surface area contributed by atoms with Crippen LogP contribution in [0.25, 0.3) is 21.5 Å². The quantitative estimate of drug-likeness (QED) is 0.398. The Kier molecular flexibility index (Phi) is 6.13. The van der Waals surface area contributed by atoms with E-state index in [-0.39, 0.29) is 6.10 Å². The second-order valence-electron chi connectivity index (χ2n) is 7.88. The van der Waals surface area contributed by atoms with E-state index >= 15 is 0 Å². The Morgan fingerprint density at radius 3 is 2.79 bits per heavy atom. The minimum Gasteiger partial charge on any atom is -0.497 e. The third kappa shape index (κ3) is 4.72. The smallest absolute Gasteiger partial charge is 0.407 e. The van der Waals surface area contributed by atoms with Gasteiger partial charge >= 0.3 is 6.09 Å². The second kappa shape index (κ2) is 9.52. The third-order valence-electron chi connectivity index (χ3n) is 5.68. The van der Waals surface area contributed by atoms with E-state index in [2.05, 4.69) is 15.3 Å². The number of rotatable bonds is 6. The zero-order valence-electron chi connectivity index (χ0n) is 18.5. The molecular formula is C24H23N5O4S. The summed E-state index contributed by atoms with van der Waals surface area (Å²) in [5.41, 5.74) is 2.43. The lowest BCUT2D eigenvalue weighted by Crippen LogP contribution is -2.41. The Balaban J connectivity index is 1.45. The minimum atomic E-state index is -0.889. The first-order valence-electron chi connectivity index (χ1n) is 10.9. The van der Waals surface area contributed by atoms with Crippen molar-refractivity contribution in [2.45, 2.75) is 18.9 Å². The number of thiazole rings is 1. The molecule has 1 fully saturated rings. The Bertz CT molecular complexity index is 1310. The summed E-state index contributed by atoms with van der Waals surface area (Å²) in [5, 5.41) is 16.1. The lowest BCUT2D eigenvalue weighted by Gasteiger charge is -2.30. The Hall–Kier alpha value is -3.92. The van der Waals surface area contributed by atoms with E-state index < -0.39 is 6.09 Å². The number of carboxylic acid groups (broad SMARTS) is 1. The van der Waals surface area contributed by atoms with E-state index in [1.807, 2.05) is 41.8 Å². The molecule has 5 rings (SSSR count). The molecular weight excluding hydrogens is 454 g/mol. The summed E-state index contributed by atoms with van der Waals surface area (Å²) >= 11 is 1.53. The summed E-state index contributed by atoms with van der Waals surface area (Å²) in [4.78, 5) is 26.3. The average Bonchev–Trinajstić information content (AvgIpc) is 3.39. The number of methoxy groups -OCH3 is 1. The van der Waals surface area contributed by atoms with E-state index in [1.54, 1.807) is 19.5 Å². The molecule has 0 saturated carbocycles. The van der Waals surface area contributed by atoms with E-state index in [4.69, 9.17) is 14.5 Å². The van der Waals surface area contributed by atoms with Crippen molar-refractivity contribution < 1.29 is 19.4 Å². The van der Waals surface area contributed by atoms with Gasteiger partial charge in [-0.15, -0.1) is 11.3 Å². The Morgan fingerprint density at radius 1 is 1.21 bits per heavy atom. The molecule has 0 radical (unpaired) electrons. The van der Waals surface area contributed by atoms with Gasteiger partial charge in [0.15, 0.2) is 0 Å². The van der Waals surface area contributed by atoms with Crippen LogP contribution in [0.5, 0.6) is 11.5 Å². The Morgan fingerprint density at radius 2 is 2.06 bits per heavy atom. The van der Waals surface area contributed by atoms with Gasteiger partial charge in [-0.25, -0.2) is 19.7 Å². The van der Waals surface area contributed by atoms with Crippen LogP contribution in [-0.2, 0) is 0 Å². The highest BCUT2D eigenvalue weighted by Crippen LogP contribution is 2.36. The molecule has 3 heterocycles. The van der Waals surface area contributed by atoms with Gasteiger partial charge in [0.05, 0.1) is 18.2 Å². The zero-order valence-corrected chi connectivity index (χ0v) is 19.3. The predicted octanol–water partition coefficient (Wildman–Crippen LogP) is 5.03. The largest absolute Gasteiger partial charge is 0.497 e. The number of piperidine rings is 1. The van der Waals surface area contributed by atoms with E-state index in [1.165, 1.54) is 16.2 Å². The number of fused-ring (bicyclic) bond motifs is 1. The van der Waals surface area contributed by atoms with Crippen LogP contribution in [0.3, 0.4) is 0 Å². The van der Waals surface area contributed by atoms with Crippen molar-refractivity contribution >= 4 is 40.0 Å². The van der Waals surface area contributed by atoms with Gasteiger partial charge in [-0.1, -0.05) is 6.07 Å². The van der Waals surface area contributed by atoms with E-state index in [0.29, 0.717) is 37.6 Å². The molecule has 9 nitrogen and oxygen atoms in total. The molecule has 0 atom stereocenters. The van der Waals surface area contributed by atoms with E-state index in [0.717, 1.165) is 32.9 Å². The number of amides is 1. The highest BCUT2D eigenvalue weighted by atomic mass is 32.1. The molecule has 1 aliphatic heterocycles. The molecule has 1 amide bonds. The van der Waals surface area contributed by atoms with Gasteiger partial charge in [0.25, 0.3) is 0 Å². The molecule has 0 bridgehead atoms. The summed E-state index contributed by atoms with van der Waals surface area (Å²) in [7, 11) is 1.62. The van der Waals surface area contributed by atoms with Gasteiger partial charge in [0.1, 0.15) is 22.6 Å². The van der Waals surface area contributed by atoms with Crippen molar-refractivity contribution in [3.8, 4) is 22.1 Å². The van der Waals surface area contributed by atoms with Gasteiger partial charge in [-0.05, 0) is 18.2 Å². The molecule has 0 aliphatic carbocycles. The second-order valence-corrected chi connectivity index (χ2v) is 8.78. The van der Waals surface area contributed by atoms with Crippen LogP contribution in [0.2, 0.25) is 0 Å². The van der Waals surface area contributed by atoms with Crippen LogP contribution < -0.4 is 14.8 Å². The summed E-state index contributed by atoms with van der Waals surface area (Å²) in [6.45, 7) is 0.911. The van der Waals surface area contributed by atoms with Gasteiger partial charge < -0.3 is 24.8 Å². The van der Waals surface area contributed by atoms with Crippen LogP contribution >= 0.6 is 11.3 Å². The average molecular weight is 478 g/mol. The maximum absolute atomic E-state index is 11.2. The number of ether oxygens (including phenoxy) is 2. The van der Waals surface area contributed by atoms with Crippen LogP contribution in [0.1, 0.15) is 12.8 Å². The molecule has 2 N–H and O–H groups in total.